The van der Waals surface area contributed by atoms with Crippen molar-refractivity contribution in [2.75, 3.05) is 57.6 Å². The Morgan fingerprint density at radius 3 is 2.52 bits per heavy atom. The molecule has 0 bridgehead atoms. The molecule has 40 heavy (non-hydrogen) atoms. The molecule has 3 aromatic rings. The van der Waals surface area contributed by atoms with Crippen LogP contribution in [0.25, 0.3) is 0 Å². The van der Waals surface area contributed by atoms with Crippen molar-refractivity contribution < 1.29 is 14.3 Å². The minimum Gasteiger partial charge on any atom is -0.494 e. The summed E-state index contributed by atoms with van der Waals surface area (Å²) in [5, 5.41) is 3.50. The fourth-order valence-electron chi connectivity index (χ4n) is 6.53. The molecule has 1 aliphatic carbocycles. The molecule has 0 unspecified atom stereocenters. The van der Waals surface area contributed by atoms with Crippen LogP contribution in [0.3, 0.4) is 0 Å². The van der Waals surface area contributed by atoms with Crippen LogP contribution in [-0.2, 0) is 5.54 Å². The number of carbonyl (C=O) groups excluding carboxylic acids is 1. The number of benzene rings is 2. The molecule has 7 rings (SSSR count). The number of halogens is 1. The van der Waals surface area contributed by atoms with Gasteiger partial charge >= 0.3 is 0 Å². The maximum Gasteiger partial charge on any atom is 0.258 e. The lowest BCUT2D eigenvalue weighted by atomic mass is 9.72. The average Bonchev–Trinajstić information content (AvgIpc) is 3.72. The molecule has 9 nitrogen and oxygen atoms in total. The van der Waals surface area contributed by atoms with Gasteiger partial charge in [-0.2, -0.15) is 4.98 Å². The largest absolute Gasteiger partial charge is 0.494 e. The Morgan fingerprint density at radius 2 is 1.80 bits per heavy atom. The van der Waals surface area contributed by atoms with Crippen LogP contribution >= 0.6 is 11.6 Å². The summed E-state index contributed by atoms with van der Waals surface area (Å²) >= 11 is 6.43. The van der Waals surface area contributed by atoms with E-state index in [9.17, 15) is 4.79 Å². The van der Waals surface area contributed by atoms with E-state index in [4.69, 9.17) is 21.1 Å². The molecule has 3 fully saturated rings. The zero-order valence-electron chi connectivity index (χ0n) is 23.0. The maximum absolute atomic E-state index is 13.1. The molecular weight excluding hydrogens is 528 g/mol. The van der Waals surface area contributed by atoms with Gasteiger partial charge in [0.25, 0.3) is 5.91 Å². The second-order valence-electron chi connectivity index (χ2n) is 11.7. The van der Waals surface area contributed by atoms with Gasteiger partial charge in [0.1, 0.15) is 16.5 Å². The number of methoxy groups -OCH3 is 1. The number of piperidine rings is 1. The second kappa shape index (κ2) is 9.24. The van der Waals surface area contributed by atoms with Gasteiger partial charge in [-0.05, 0) is 69.6 Å². The Balaban J connectivity index is 1.09. The minimum atomic E-state index is -0.194. The highest BCUT2D eigenvalue weighted by Crippen LogP contribution is 2.57. The van der Waals surface area contributed by atoms with Crippen LogP contribution in [0.2, 0.25) is 5.02 Å². The molecule has 1 saturated carbocycles. The Labute approximate surface area is 239 Å². The SMILES string of the molecule is COc1cc(N2CC3(CCN(C)CC3)C2)ccc1Nc1ncc(Cl)c(Oc2cccc3c2C(=O)N(C)C32CC2)n1. The molecule has 1 aromatic heterocycles. The summed E-state index contributed by atoms with van der Waals surface area (Å²) in [6.07, 6.45) is 5.93. The van der Waals surface area contributed by atoms with Crippen molar-refractivity contribution in [3.8, 4) is 17.4 Å². The number of likely N-dealkylation sites (tertiary alicyclic amines) is 1. The predicted octanol–water partition coefficient (Wildman–Crippen LogP) is 5.28. The van der Waals surface area contributed by atoms with Gasteiger partial charge in [-0.25, -0.2) is 4.98 Å². The quantitative estimate of drug-likeness (QED) is 0.436. The molecular formula is C30H33ClN6O3. The number of nitrogens with one attached hydrogen (secondary N) is 1. The Morgan fingerprint density at radius 1 is 1.02 bits per heavy atom. The summed E-state index contributed by atoms with van der Waals surface area (Å²) in [6, 6.07) is 11.8. The van der Waals surface area contributed by atoms with Gasteiger partial charge in [0.05, 0.1) is 30.1 Å². The van der Waals surface area contributed by atoms with Gasteiger partial charge in [0.2, 0.25) is 11.8 Å². The third-order valence-corrected chi connectivity index (χ3v) is 9.49. The number of rotatable bonds is 6. The molecule has 10 heteroatoms. The van der Waals surface area contributed by atoms with Gasteiger partial charge in [0, 0.05) is 37.3 Å². The van der Waals surface area contributed by atoms with Gasteiger partial charge in [-0.15, -0.1) is 0 Å². The monoisotopic (exact) mass is 560 g/mol. The highest BCUT2D eigenvalue weighted by atomic mass is 35.5. The summed E-state index contributed by atoms with van der Waals surface area (Å²) in [4.78, 5) is 28.6. The fraction of sp³-hybridized carbons (Fsp3) is 0.433. The number of anilines is 3. The summed E-state index contributed by atoms with van der Waals surface area (Å²) in [7, 11) is 5.72. The highest BCUT2D eigenvalue weighted by molar-refractivity contribution is 6.31. The molecule has 208 valence electrons. The van der Waals surface area contributed by atoms with E-state index < -0.39 is 0 Å². The first-order chi connectivity index (χ1) is 19.3. The first-order valence-electron chi connectivity index (χ1n) is 13.8. The number of hydrogen-bond donors (Lipinski definition) is 1. The molecule has 0 radical (unpaired) electrons. The Kier molecular flexibility index (Phi) is 5.87. The number of aromatic nitrogens is 2. The van der Waals surface area contributed by atoms with E-state index >= 15 is 0 Å². The molecule has 0 atom stereocenters. The highest BCUT2D eigenvalue weighted by Gasteiger charge is 2.57. The van der Waals surface area contributed by atoms with Crippen LogP contribution in [0.5, 0.6) is 17.4 Å². The Hall–Kier alpha value is -3.56. The van der Waals surface area contributed by atoms with E-state index in [-0.39, 0.29) is 22.3 Å². The zero-order valence-corrected chi connectivity index (χ0v) is 23.8. The van der Waals surface area contributed by atoms with Crippen LogP contribution in [0, 0.1) is 5.41 Å². The standard InChI is InChI=1S/C30H33ClN6O3/c1-35-13-11-29(12-14-35)17-37(18-29)19-7-8-22(24(15-19)39-3)33-28-32-16-21(31)26(34-28)40-23-6-4-5-20-25(23)27(38)36(2)30(20)9-10-30/h4-8,15-16H,9-14,17-18H2,1-3H3,(H,32,33,34). The summed E-state index contributed by atoms with van der Waals surface area (Å²) in [5.74, 6) is 1.60. The lowest BCUT2D eigenvalue weighted by Crippen LogP contribution is -2.60. The number of fused-ring (bicyclic) bond motifs is 2. The van der Waals surface area contributed by atoms with Gasteiger partial charge in [0.15, 0.2) is 0 Å². The van der Waals surface area contributed by atoms with Crippen molar-refractivity contribution in [1.29, 1.82) is 0 Å². The Bertz CT molecular complexity index is 1490. The van der Waals surface area contributed by atoms with Crippen LogP contribution < -0.4 is 19.7 Å². The van der Waals surface area contributed by atoms with E-state index in [0.29, 0.717) is 28.4 Å². The van der Waals surface area contributed by atoms with Crippen LogP contribution in [-0.4, -0.2) is 73.1 Å². The van der Waals surface area contributed by atoms with Crippen LogP contribution in [0.4, 0.5) is 17.3 Å². The maximum atomic E-state index is 13.1. The summed E-state index contributed by atoms with van der Waals surface area (Å²) in [6.45, 7) is 4.52. The van der Waals surface area contributed by atoms with Crippen molar-refractivity contribution >= 4 is 34.8 Å². The van der Waals surface area contributed by atoms with E-state index in [1.54, 1.807) is 13.2 Å². The summed E-state index contributed by atoms with van der Waals surface area (Å²) in [5.41, 5.74) is 3.73. The lowest BCUT2D eigenvalue weighted by Gasteiger charge is -2.54. The van der Waals surface area contributed by atoms with Gasteiger partial charge in [-0.3, -0.25) is 4.79 Å². The average molecular weight is 561 g/mol. The topological polar surface area (TPSA) is 83.1 Å². The summed E-state index contributed by atoms with van der Waals surface area (Å²) < 4.78 is 11.9. The molecule has 2 aromatic carbocycles. The number of carbonyl (C=O) groups is 1. The van der Waals surface area contributed by atoms with Crippen molar-refractivity contribution in [2.24, 2.45) is 5.41 Å². The molecule has 1 N–H and O–H groups in total. The normalized spacial score (nSPS) is 20.4. The molecule has 4 aliphatic rings. The first kappa shape index (κ1) is 25.4. The number of hydrogen-bond acceptors (Lipinski definition) is 8. The van der Waals surface area contributed by atoms with Crippen molar-refractivity contribution in [3.63, 3.8) is 0 Å². The second-order valence-corrected chi connectivity index (χ2v) is 12.1. The number of amides is 1. The molecule has 2 saturated heterocycles. The third kappa shape index (κ3) is 4.06. The van der Waals surface area contributed by atoms with Crippen molar-refractivity contribution in [3.05, 3.63) is 58.7 Å². The van der Waals surface area contributed by atoms with E-state index in [0.717, 1.165) is 42.9 Å². The molecule has 3 aliphatic heterocycles. The van der Waals surface area contributed by atoms with Crippen molar-refractivity contribution in [2.45, 2.75) is 31.2 Å². The van der Waals surface area contributed by atoms with Crippen LogP contribution in [0.1, 0.15) is 41.6 Å². The minimum absolute atomic E-state index is 0.0413. The number of ether oxygens (including phenoxy) is 2. The predicted molar refractivity (Wildman–Crippen MR) is 154 cm³/mol. The van der Waals surface area contributed by atoms with Crippen LogP contribution in [0.15, 0.2) is 42.6 Å². The molecule has 2 spiro atoms. The smallest absolute Gasteiger partial charge is 0.258 e. The van der Waals surface area contributed by atoms with Gasteiger partial charge < -0.3 is 29.5 Å². The third-order valence-electron chi connectivity index (χ3n) is 9.23. The van der Waals surface area contributed by atoms with E-state index in [1.807, 2.05) is 30.1 Å². The van der Waals surface area contributed by atoms with Gasteiger partial charge in [-0.1, -0.05) is 23.7 Å². The van der Waals surface area contributed by atoms with Crippen molar-refractivity contribution in [1.82, 2.24) is 19.8 Å². The fourth-order valence-corrected chi connectivity index (χ4v) is 6.66. The number of nitrogens with zero attached hydrogens (tertiary/aromatic N) is 5. The molecule has 1 amide bonds. The molecule has 4 heterocycles. The lowest BCUT2D eigenvalue weighted by molar-refractivity contribution is 0.0753. The zero-order chi connectivity index (χ0) is 27.6. The van der Waals surface area contributed by atoms with E-state index in [1.165, 1.54) is 32.1 Å². The van der Waals surface area contributed by atoms with E-state index in [2.05, 4.69) is 44.3 Å². The first-order valence-corrected chi connectivity index (χ1v) is 14.2.